The molecule has 0 N–H and O–H groups in total. The zero-order valence-corrected chi connectivity index (χ0v) is 12.1. The predicted molar refractivity (Wildman–Crippen MR) is 89.1 cm³/mol. The normalized spacial score (nSPS) is 12.3. The summed E-state index contributed by atoms with van der Waals surface area (Å²) in [5.41, 5.74) is 2.94. The van der Waals surface area contributed by atoms with E-state index in [1.807, 2.05) is 60.7 Å². The third kappa shape index (κ3) is 3.18. The number of aliphatic imine (C=N–C) groups is 1. The van der Waals surface area contributed by atoms with Crippen molar-refractivity contribution in [2.24, 2.45) is 10.9 Å². The summed E-state index contributed by atoms with van der Waals surface area (Å²) < 4.78 is 0. The lowest BCUT2D eigenvalue weighted by Gasteiger charge is -2.07. The molecule has 0 saturated heterocycles. The van der Waals surface area contributed by atoms with E-state index >= 15 is 0 Å². The van der Waals surface area contributed by atoms with Crippen LogP contribution in [0.25, 0.3) is 10.9 Å². The molecule has 1 atom stereocenters. The standard InChI is InChI=1S/C19H15N3/c20-13-15(14-22-17-6-2-1-3-7-17)12-16-10-11-21-19-9-5-4-8-18(16)19/h1-11,14-15H,12H2. The van der Waals surface area contributed by atoms with Crippen LogP contribution in [-0.2, 0) is 6.42 Å². The van der Waals surface area contributed by atoms with Crippen LogP contribution in [0.3, 0.4) is 0 Å². The number of fused-ring (bicyclic) bond motifs is 1. The third-order valence-corrected chi connectivity index (χ3v) is 3.50. The fourth-order valence-electron chi connectivity index (χ4n) is 2.39. The van der Waals surface area contributed by atoms with E-state index in [4.69, 9.17) is 0 Å². The molecule has 0 aliphatic heterocycles. The van der Waals surface area contributed by atoms with E-state index in [-0.39, 0.29) is 5.92 Å². The van der Waals surface area contributed by atoms with Gasteiger partial charge in [-0.2, -0.15) is 5.26 Å². The molecule has 2 aromatic carbocycles. The maximum atomic E-state index is 9.38. The molecule has 22 heavy (non-hydrogen) atoms. The predicted octanol–water partition coefficient (Wildman–Crippen LogP) is 4.32. The summed E-state index contributed by atoms with van der Waals surface area (Å²) >= 11 is 0. The summed E-state index contributed by atoms with van der Waals surface area (Å²) in [6.07, 6.45) is 4.15. The number of hydrogen-bond acceptors (Lipinski definition) is 3. The Morgan fingerprint density at radius 3 is 2.64 bits per heavy atom. The minimum Gasteiger partial charge on any atom is -0.260 e. The van der Waals surface area contributed by atoms with Crippen LogP contribution >= 0.6 is 0 Å². The van der Waals surface area contributed by atoms with Crippen molar-refractivity contribution in [3.8, 4) is 6.07 Å². The van der Waals surface area contributed by atoms with Gasteiger partial charge in [-0.1, -0.05) is 36.4 Å². The van der Waals surface area contributed by atoms with E-state index in [1.54, 1.807) is 12.4 Å². The molecule has 3 rings (SSSR count). The van der Waals surface area contributed by atoms with E-state index in [1.165, 1.54) is 0 Å². The van der Waals surface area contributed by atoms with Crippen molar-refractivity contribution >= 4 is 22.8 Å². The number of hydrogen-bond donors (Lipinski definition) is 0. The average Bonchev–Trinajstić information content (AvgIpc) is 2.59. The second-order valence-corrected chi connectivity index (χ2v) is 5.04. The molecule has 1 aromatic heterocycles. The van der Waals surface area contributed by atoms with Crippen LogP contribution in [0, 0.1) is 17.2 Å². The lowest BCUT2D eigenvalue weighted by atomic mass is 9.98. The van der Waals surface area contributed by atoms with Gasteiger partial charge in [0.15, 0.2) is 0 Å². The van der Waals surface area contributed by atoms with Crippen molar-refractivity contribution < 1.29 is 0 Å². The largest absolute Gasteiger partial charge is 0.260 e. The maximum Gasteiger partial charge on any atom is 0.0856 e. The molecule has 0 saturated carbocycles. The fraction of sp³-hybridized carbons (Fsp3) is 0.105. The van der Waals surface area contributed by atoms with Crippen LogP contribution in [-0.4, -0.2) is 11.2 Å². The first kappa shape index (κ1) is 14.0. The van der Waals surface area contributed by atoms with Crippen LogP contribution in [0.2, 0.25) is 0 Å². The highest BCUT2D eigenvalue weighted by Gasteiger charge is 2.09. The second-order valence-electron chi connectivity index (χ2n) is 5.04. The van der Waals surface area contributed by atoms with Gasteiger partial charge in [0.1, 0.15) is 0 Å². The topological polar surface area (TPSA) is 49.0 Å². The van der Waals surface area contributed by atoms with Gasteiger partial charge >= 0.3 is 0 Å². The summed E-state index contributed by atoms with van der Waals surface area (Å²) in [7, 11) is 0. The molecule has 0 bridgehead atoms. The molecule has 0 aliphatic carbocycles. The van der Waals surface area contributed by atoms with Crippen LogP contribution in [0.4, 0.5) is 5.69 Å². The van der Waals surface area contributed by atoms with Gasteiger partial charge in [0.05, 0.1) is 23.2 Å². The van der Waals surface area contributed by atoms with Gasteiger partial charge in [-0.15, -0.1) is 0 Å². The molecule has 0 amide bonds. The highest BCUT2D eigenvalue weighted by atomic mass is 14.7. The first-order valence-electron chi connectivity index (χ1n) is 7.18. The number of rotatable bonds is 4. The van der Waals surface area contributed by atoms with Crippen LogP contribution in [0.1, 0.15) is 5.56 Å². The molecular formula is C19H15N3. The number of aromatic nitrogens is 1. The van der Waals surface area contributed by atoms with Crippen molar-refractivity contribution in [1.29, 1.82) is 5.26 Å². The molecule has 0 spiro atoms. The van der Waals surface area contributed by atoms with E-state index in [0.29, 0.717) is 6.42 Å². The Balaban J connectivity index is 1.83. The Kier molecular flexibility index (Phi) is 4.22. The van der Waals surface area contributed by atoms with Crippen molar-refractivity contribution in [2.45, 2.75) is 6.42 Å². The van der Waals surface area contributed by atoms with Gasteiger partial charge in [0.2, 0.25) is 0 Å². The average molecular weight is 285 g/mol. The van der Waals surface area contributed by atoms with Crippen molar-refractivity contribution in [3.05, 3.63) is 72.4 Å². The number of pyridine rings is 1. The van der Waals surface area contributed by atoms with Gasteiger partial charge < -0.3 is 0 Å². The molecule has 0 aliphatic rings. The number of benzene rings is 2. The minimum absolute atomic E-state index is 0.258. The Morgan fingerprint density at radius 1 is 1.05 bits per heavy atom. The van der Waals surface area contributed by atoms with E-state index in [0.717, 1.165) is 22.2 Å². The monoisotopic (exact) mass is 285 g/mol. The number of nitriles is 1. The Labute approximate surface area is 129 Å². The molecule has 3 nitrogen and oxygen atoms in total. The third-order valence-electron chi connectivity index (χ3n) is 3.50. The van der Waals surface area contributed by atoms with Gasteiger partial charge in [0.25, 0.3) is 0 Å². The SMILES string of the molecule is N#CC(C=Nc1ccccc1)Cc1ccnc2ccccc12. The van der Waals surface area contributed by atoms with E-state index in [2.05, 4.69) is 16.0 Å². The van der Waals surface area contributed by atoms with Gasteiger partial charge in [-0.3, -0.25) is 9.98 Å². The highest BCUT2D eigenvalue weighted by molar-refractivity contribution is 5.82. The summed E-state index contributed by atoms with van der Waals surface area (Å²) in [6.45, 7) is 0. The smallest absolute Gasteiger partial charge is 0.0856 e. The zero-order chi connectivity index (χ0) is 15.2. The van der Waals surface area contributed by atoms with Gasteiger partial charge in [0, 0.05) is 17.8 Å². The Morgan fingerprint density at radius 2 is 1.82 bits per heavy atom. The Bertz CT molecular complexity index is 827. The zero-order valence-electron chi connectivity index (χ0n) is 12.1. The van der Waals surface area contributed by atoms with E-state index < -0.39 is 0 Å². The lowest BCUT2D eigenvalue weighted by molar-refractivity contribution is 0.885. The lowest BCUT2D eigenvalue weighted by Crippen LogP contribution is -2.04. The summed E-state index contributed by atoms with van der Waals surface area (Å²) in [5.74, 6) is -0.258. The van der Waals surface area contributed by atoms with Crippen molar-refractivity contribution in [1.82, 2.24) is 4.98 Å². The molecule has 1 heterocycles. The minimum atomic E-state index is -0.258. The summed E-state index contributed by atoms with van der Waals surface area (Å²) in [6, 6.07) is 21.9. The molecule has 3 aromatic rings. The van der Waals surface area contributed by atoms with Crippen LogP contribution < -0.4 is 0 Å². The first-order valence-corrected chi connectivity index (χ1v) is 7.18. The van der Waals surface area contributed by atoms with E-state index in [9.17, 15) is 5.26 Å². The first-order chi connectivity index (χ1) is 10.9. The molecule has 0 radical (unpaired) electrons. The van der Waals surface area contributed by atoms with Crippen LogP contribution in [0.15, 0.2) is 71.9 Å². The molecule has 1 unspecified atom stereocenters. The molecular weight excluding hydrogens is 270 g/mol. The summed E-state index contributed by atoms with van der Waals surface area (Å²) in [4.78, 5) is 8.74. The number of nitrogens with zero attached hydrogens (tertiary/aromatic N) is 3. The quantitative estimate of drug-likeness (QED) is 0.670. The maximum absolute atomic E-state index is 9.38. The molecule has 0 fully saturated rings. The van der Waals surface area contributed by atoms with Crippen LogP contribution in [0.5, 0.6) is 0 Å². The van der Waals surface area contributed by atoms with Gasteiger partial charge in [-0.25, -0.2) is 0 Å². The highest BCUT2D eigenvalue weighted by Crippen LogP contribution is 2.19. The number of para-hydroxylation sites is 2. The molecule has 3 heteroatoms. The Hall–Kier alpha value is -2.99. The fourth-order valence-corrected chi connectivity index (χ4v) is 2.39. The van der Waals surface area contributed by atoms with Crippen molar-refractivity contribution in [3.63, 3.8) is 0 Å². The summed E-state index contributed by atoms with van der Waals surface area (Å²) in [5, 5.41) is 10.5. The van der Waals surface area contributed by atoms with Crippen molar-refractivity contribution in [2.75, 3.05) is 0 Å². The van der Waals surface area contributed by atoms with Gasteiger partial charge in [-0.05, 0) is 36.2 Å². The second kappa shape index (κ2) is 6.64. The molecule has 106 valence electrons.